The van der Waals surface area contributed by atoms with Crippen molar-refractivity contribution in [3.8, 4) is 44.5 Å². The fourth-order valence-electron chi connectivity index (χ4n) is 4.79. The molecule has 0 amide bonds. The minimum atomic E-state index is 0.534. The van der Waals surface area contributed by atoms with E-state index in [1.165, 1.54) is 55.1 Å². The van der Waals surface area contributed by atoms with Crippen LogP contribution in [0.25, 0.3) is 44.5 Å². The highest BCUT2D eigenvalue weighted by Gasteiger charge is 2.13. The van der Waals surface area contributed by atoms with Crippen LogP contribution >= 0.6 is 8.58 Å². The van der Waals surface area contributed by atoms with Crippen molar-refractivity contribution in [1.29, 1.82) is 0 Å². The van der Waals surface area contributed by atoms with Gasteiger partial charge in [-0.3, -0.25) is 0 Å². The molecule has 6 rings (SSSR count). The summed E-state index contributed by atoms with van der Waals surface area (Å²) in [5.74, 6) is 0. The lowest BCUT2D eigenvalue weighted by Gasteiger charge is -2.17. The summed E-state index contributed by atoms with van der Waals surface area (Å²) in [4.78, 5) is 0. The third-order valence-corrected chi connectivity index (χ3v) is 8.10. The van der Waals surface area contributed by atoms with E-state index in [9.17, 15) is 0 Å². The van der Waals surface area contributed by atoms with E-state index in [-0.39, 0.29) is 0 Å². The Morgan fingerprint density at radius 2 is 0.595 bits per heavy atom. The highest BCUT2D eigenvalue weighted by molar-refractivity contribution is 7.56. The van der Waals surface area contributed by atoms with Crippen molar-refractivity contribution in [2.24, 2.45) is 0 Å². The van der Waals surface area contributed by atoms with E-state index >= 15 is 0 Å². The van der Waals surface area contributed by atoms with Crippen molar-refractivity contribution in [3.63, 3.8) is 0 Å². The maximum Gasteiger partial charge on any atom is -0.0100 e. The molecular weight excluding hydrogens is 463 g/mol. The van der Waals surface area contributed by atoms with Gasteiger partial charge in [0.25, 0.3) is 0 Å². The van der Waals surface area contributed by atoms with Gasteiger partial charge in [0.2, 0.25) is 0 Å². The lowest BCUT2D eigenvalue weighted by molar-refractivity contribution is 1.60. The second-order valence-corrected chi connectivity index (χ2v) is 10.4. The Hall–Kier alpha value is -4.25. The largest absolute Gasteiger partial charge is 0.0622 e. The average molecular weight is 491 g/mol. The van der Waals surface area contributed by atoms with Gasteiger partial charge in [0, 0.05) is 0 Å². The monoisotopic (exact) mass is 490 g/mol. The Morgan fingerprint density at radius 1 is 0.270 bits per heavy atom. The molecule has 0 unspecified atom stereocenters. The van der Waals surface area contributed by atoms with Crippen LogP contribution < -0.4 is 10.6 Å². The highest BCUT2D eigenvalue weighted by atomic mass is 31.1. The molecule has 0 radical (unpaired) electrons. The second kappa shape index (κ2) is 10.8. The summed E-state index contributed by atoms with van der Waals surface area (Å²) < 4.78 is 0. The summed E-state index contributed by atoms with van der Waals surface area (Å²) in [6, 6.07) is 56.7. The average Bonchev–Trinajstić information content (AvgIpc) is 2.99. The lowest BCUT2D eigenvalue weighted by atomic mass is 9.99. The van der Waals surface area contributed by atoms with Crippen molar-refractivity contribution in [3.05, 3.63) is 158 Å². The fourth-order valence-corrected chi connectivity index (χ4v) is 6.11. The molecule has 0 aromatic heterocycles. The molecule has 176 valence electrons. The van der Waals surface area contributed by atoms with E-state index in [0.717, 1.165) is 0 Å². The molecule has 0 atom stereocenters. The van der Waals surface area contributed by atoms with Gasteiger partial charge in [-0.05, 0) is 67.2 Å². The van der Waals surface area contributed by atoms with E-state index in [1.54, 1.807) is 0 Å². The molecule has 0 aliphatic rings. The first-order valence-corrected chi connectivity index (χ1v) is 13.6. The Bertz CT molecular complexity index is 1480. The van der Waals surface area contributed by atoms with E-state index in [0.29, 0.717) is 8.58 Å². The first-order chi connectivity index (χ1) is 18.3. The standard InChI is InChI=1S/C36H27P/c1-5-13-27(14-6-1)31-21-23-35(33(25-31)29-17-9-3-10-18-29)37-36-24-22-32(28-15-7-2-8-16-28)26-34(36)30-19-11-4-12-20-30/h1-26,37H. The topological polar surface area (TPSA) is 0 Å². The van der Waals surface area contributed by atoms with Crippen LogP contribution in [0.1, 0.15) is 0 Å². The van der Waals surface area contributed by atoms with Crippen LogP contribution in [-0.2, 0) is 0 Å². The number of benzene rings is 6. The van der Waals surface area contributed by atoms with E-state index in [4.69, 9.17) is 0 Å². The number of rotatable bonds is 6. The fraction of sp³-hybridized carbons (Fsp3) is 0. The van der Waals surface area contributed by atoms with Crippen molar-refractivity contribution in [1.82, 2.24) is 0 Å². The van der Waals surface area contributed by atoms with Crippen LogP contribution in [0.3, 0.4) is 0 Å². The molecule has 37 heavy (non-hydrogen) atoms. The van der Waals surface area contributed by atoms with Crippen LogP contribution in [0.4, 0.5) is 0 Å². The summed E-state index contributed by atoms with van der Waals surface area (Å²) in [5, 5.41) is 2.71. The molecule has 0 fully saturated rings. The highest BCUT2D eigenvalue weighted by Crippen LogP contribution is 2.33. The van der Waals surface area contributed by atoms with Gasteiger partial charge < -0.3 is 0 Å². The SMILES string of the molecule is c1ccc(-c2ccc(Pc3ccc(-c4ccccc4)cc3-c3ccccc3)c(-c3ccccc3)c2)cc1. The van der Waals surface area contributed by atoms with Gasteiger partial charge in [-0.2, -0.15) is 0 Å². The zero-order chi connectivity index (χ0) is 24.9. The molecule has 0 saturated heterocycles. The summed E-state index contributed by atoms with van der Waals surface area (Å²) in [6.07, 6.45) is 0. The van der Waals surface area contributed by atoms with Gasteiger partial charge in [0.1, 0.15) is 0 Å². The zero-order valence-electron chi connectivity index (χ0n) is 20.5. The lowest BCUT2D eigenvalue weighted by Crippen LogP contribution is -2.09. The first-order valence-electron chi connectivity index (χ1n) is 12.6. The molecule has 0 nitrogen and oxygen atoms in total. The Labute approximate surface area is 221 Å². The molecule has 0 heterocycles. The predicted molar refractivity (Wildman–Crippen MR) is 162 cm³/mol. The zero-order valence-corrected chi connectivity index (χ0v) is 21.5. The van der Waals surface area contributed by atoms with Gasteiger partial charge in [-0.15, -0.1) is 0 Å². The molecule has 0 bridgehead atoms. The van der Waals surface area contributed by atoms with Crippen molar-refractivity contribution in [2.45, 2.75) is 0 Å². The Kier molecular flexibility index (Phi) is 6.76. The van der Waals surface area contributed by atoms with Crippen LogP contribution in [-0.4, -0.2) is 0 Å². The van der Waals surface area contributed by atoms with Gasteiger partial charge in [0.15, 0.2) is 0 Å². The molecular formula is C36H27P. The van der Waals surface area contributed by atoms with Gasteiger partial charge in [-0.25, -0.2) is 0 Å². The Morgan fingerprint density at radius 3 is 0.946 bits per heavy atom. The first kappa shape index (κ1) is 23.2. The number of hydrogen-bond donors (Lipinski definition) is 0. The predicted octanol–water partition coefficient (Wildman–Crippen LogP) is 8.98. The second-order valence-electron chi connectivity index (χ2n) is 9.11. The smallest absolute Gasteiger partial charge is 0.0100 e. The van der Waals surface area contributed by atoms with Gasteiger partial charge in [0.05, 0.1) is 0 Å². The molecule has 6 aromatic carbocycles. The number of hydrogen-bond acceptors (Lipinski definition) is 0. The third-order valence-electron chi connectivity index (χ3n) is 6.69. The molecule has 0 spiro atoms. The maximum absolute atomic E-state index is 2.35. The maximum atomic E-state index is 2.35. The van der Waals surface area contributed by atoms with Crippen molar-refractivity contribution < 1.29 is 0 Å². The minimum Gasteiger partial charge on any atom is -0.0622 e. The summed E-state index contributed by atoms with van der Waals surface area (Å²) in [5.41, 5.74) is 10.1. The van der Waals surface area contributed by atoms with E-state index < -0.39 is 0 Å². The van der Waals surface area contributed by atoms with Crippen LogP contribution in [0.5, 0.6) is 0 Å². The summed E-state index contributed by atoms with van der Waals surface area (Å²) in [6.45, 7) is 0. The third kappa shape index (κ3) is 5.17. The van der Waals surface area contributed by atoms with Gasteiger partial charge in [-0.1, -0.05) is 154 Å². The van der Waals surface area contributed by atoms with Crippen LogP contribution in [0.2, 0.25) is 0 Å². The van der Waals surface area contributed by atoms with Gasteiger partial charge >= 0.3 is 0 Å². The molecule has 6 aromatic rings. The van der Waals surface area contributed by atoms with Crippen LogP contribution in [0, 0.1) is 0 Å². The summed E-state index contributed by atoms with van der Waals surface area (Å²) >= 11 is 0. The molecule has 0 aliphatic heterocycles. The normalized spacial score (nSPS) is 10.8. The molecule has 1 heteroatoms. The molecule has 0 aliphatic carbocycles. The van der Waals surface area contributed by atoms with E-state index in [2.05, 4.69) is 158 Å². The quantitative estimate of drug-likeness (QED) is 0.204. The minimum absolute atomic E-state index is 0.534. The summed E-state index contributed by atoms with van der Waals surface area (Å²) in [7, 11) is 0.534. The van der Waals surface area contributed by atoms with Crippen molar-refractivity contribution in [2.75, 3.05) is 0 Å². The molecule has 0 N–H and O–H groups in total. The Balaban J connectivity index is 1.47. The van der Waals surface area contributed by atoms with Crippen LogP contribution in [0.15, 0.2) is 158 Å². The molecule has 0 saturated carbocycles. The van der Waals surface area contributed by atoms with Crippen molar-refractivity contribution >= 4 is 19.2 Å². The van der Waals surface area contributed by atoms with E-state index in [1.807, 2.05) is 0 Å².